The molecule has 0 amide bonds. The first-order valence-corrected chi connectivity index (χ1v) is 7.47. The van der Waals surface area contributed by atoms with E-state index >= 15 is 0 Å². The number of aromatic nitrogens is 1. The van der Waals surface area contributed by atoms with Gasteiger partial charge in [-0.3, -0.25) is 0 Å². The van der Waals surface area contributed by atoms with Crippen LogP contribution in [0.25, 0.3) is 0 Å². The van der Waals surface area contributed by atoms with Crippen LogP contribution < -0.4 is 5.32 Å². The van der Waals surface area contributed by atoms with E-state index in [4.69, 9.17) is 4.74 Å². The maximum Gasteiger partial charge on any atom is 0.340 e. The zero-order valence-electron chi connectivity index (χ0n) is 12.2. The molecule has 110 valence electrons. The molecule has 2 aromatic rings. The number of ether oxygens (including phenoxy) is 1. The number of hydrogen-bond donors (Lipinski definition) is 1. The summed E-state index contributed by atoms with van der Waals surface area (Å²) in [5, 5.41) is 3.22. The molecule has 0 spiro atoms. The maximum atomic E-state index is 12.0. The Bertz CT molecular complexity index is 671. The number of nitrogens with zero attached hydrogens (tertiary/aromatic N) is 1. The van der Waals surface area contributed by atoms with Crippen molar-refractivity contribution in [2.45, 2.75) is 20.8 Å². The van der Waals surface area contributed by atoms with Gasteiger partial charge in [0.2, 0.25) is 0 Å². The van der Waals surface area contributed by atoms with Gasteiger partial charge >= 0.3 is 5.97 Å². The maximum absolute atomic E-state index is 12.0. The fourth-order valence-electron chi connectivity index (χ4n) is 1.93. The van der Waals surface area contributed by atoms with E-state index in [1.54, 1.807) is 13.1 Å². The molecule has 0 unspecified atom stereocenters. The van der Waals surface area contributed by atoms with Crippen LogP contribution in [0.5, 0.6) is 0 Å². The second-order valence-electron chi connectivity index (χ2n) is 4.73. The van der Waals surface area contributed by atoms with Crippen molar-refractivity contribution >= 4 is 33.3 Å². The zero-order valence-corrected chi connectivity index (χ0v) is 13.8. The van der Waals surface area contributed by atoms with Crippen LogP contribution in [0, 0.1) is 13.8 Å². The number of aryl methyl sites for hydroxylation is 2. The molecule has 2 rings (SSSR count). The molecule has 5 heteroatoms. The summed E-state index contributed by atoms with van der Waals surface area (Å²) in [6.07, 6.45) is 1.71. The van der Waals surface area contributed by atoms with E-state index < -0.39 is 0 Å². The van der Waals surface area contributed by atoms with E-state index in [9.17, 15) is 4.79 Å². The summed E-state index contributed by atoms with van der Waals surface area (Å²) in [4.78, 5) is 16.3. The Morgan fingerprint density at radius 3 is 2.76 bits per heavy atom. The monoisotopic (exact) mass is 348 g/mol. The van der Waals surface area contributed by atoms with Crippen molar-refractivity contribution in [2.24, 2.45) is 0 Å². The molecular weight excluding hydrogens is 332 g/mol. The number of rotatable bonds is 4. The summed E-state index contributed by atoms with van der Waals surface area (Å²) in [5.41, 5.74) is 4.09. The third-order valence-corrected chi connectivity index (χ3v) is 3.79. The molecule has 21 heavy (non-hydrogen) atoms. The average molecular weight is 349 g/mol. The summed E-state index contributed by atoms with van der Waals surface area (Å²) in [6.45, 7) is 6.05. The largest absolute Gasteiger partial charge is 0.462 e. The number of carbonyl (C=O) groups is 1. The van der Waals surface area contributed by atoms with E-state index in [-0.39, 0.29) is 5.97 Å². The Morgan fingerprint density at radius 2 is 2.10 bits per heavy atom. The van der Waals surface area contributed by atoms with Gasteiger partial charge in [0.25, 0.3) is 0 Å². The molecule has 0 saturated heterocycles. The molecule has 0 aliphatic heterocycles. The summed E-state index contributed by atoms with van der Waals surface area (Å²) in [5.74, 6) is -0.328. The average Bonchev–Trinajstić information content (AvgIpc) is 2.45. The highest BCUT2D eigenvalue weighted by Crippen LogP contribution is 2.24. The lowest BCUT2D eigenvalue weighted by Gasteiger charge is -2.12. The van der Waals surface area contributed by atoms with Crippen molar-refractivity contribution in [1.29, 1.82) is 0 Å². The number of carbonyl (C=O) groups excluding carboxylic acids is 1. The number of halogens is 1. The first-order chi connectivity index (χ1) is 10.0. The van der Waals surface area contributed by atoms with Gasteiger partial charge in [0, 0.05) is 0 Å². The highest BCUT2D eigenvalue weighted by atomic mass is 79.9. The van der Waals surface area contributed by atoms with Crippen LogP contribution >= 0.6 is 15.9 Å². The van der Waals surface area contributed by atoms with Gasteiger partial charge in [-0.15, -0.1) is 0 Å². The predicted molar refractivity (Wildman–Crippen MR) is 87.1 cm³/mol. The van der Waals surface area contributed by atoms with Gasteiger partial charge in [-0.25, -0.2) is 9.78 Å². The third kappa shape index (κ3) is 3.82. The lowest BCUT2D eigenvalue weighted by atomic mass is 10.1. The van der Waals surface area contributed by atoms with Crippen LogP contribution in [0.2, 0.25) is 0 Å². The van der Waals surface area contributed by atoms with E-state index in [1.807, 2.05) is 38.1 Å². The quantitative estimate of drug-likeness (QED) is 0.657. The van der Waals surface area contributed by atoms with Crippen LogP contribution in [0.15, 0.2) is 35.1 Å². The van der Waals surface area contributed by atoms with Crippen molar-refractivity contribution in [3.63, 3.8) is 0 Å². The third-order valence-electron chi connectivity index (χ3n) is 2.96. The van der Waals surface area contributed by atoms with Crippen molar-refractivity contribution in [2.75, 3.05) is 11.9 Å². The Labute approximate surface area is 132 Å². The van der Waals surface area contributed by atoms with Crippen LogP contribution in [-0.4, -0.2) is 17.6 Å². The van der Waals surface area contributed by atoms with Gasteiger partial charge in [0.05, 0.1) is 29.7 Å². The number of anilines is 2. The highest BCUT2D eigenvalue weighted by Gasteiger charge is 2.13. The second kappa shape index (κ2) is 6.72. The second-order valence-corrected chi connectivity index (χ2v) is 5.48. The Balaban J connectivity index is 2.34. The van der Waals surface area contributed by atoms with Gasteiger partial charge < -0.3 is 10.1 Å². The minimum atomic E-state index is -0.328. The predicted octanol–water partition coefficient (Wildman–Crippen LogP) is 4.38. The van der Waals surface area contributed by atoms with Gasteiger partial charge in [-0.05, 0) is 60.5 Å². The molecule has 0 atom stereocenters. The normalized spacial score (nSPS) is 10.3. The zero-order chi connectivity index (χ0) is 15.4. The fourth-order valence-corrected chi connectivity index (χ4v) is 2.14. The standard InChI is InChI=1S/C16H17BrN2O2/c1-4-21-16(20)13-7-10(2)5-6-14(13)19-12-8-11(3)15(17)18-9-12/h5-9,19H,4H2,1-3H3. The molecule has 0 bridgehead atoms. The van der Waals surface area contributed by atoms with Crippen LogP contribution in [0.3, 0.4) is 0 Å². The molecule has 1 N–H and O–H groups in total. The fraction of sp³-hybridized carbons (Fsp3) is 0.250. The lowest BCUT2D eigenvalue weighted by molar-refractivity contribution is 0.0527. The van der Waals surface area contributed by atoms with E-state index in [0.29, 0.717) is 17.9 Å². The smallest absolute Gasteiger partial charge is 0.340 e. The molecule has 1 aromatic carbocycles. The Kier molecular flexibility index (Phi) is 4.96. The van der Waals surface area contributed by atoms with Gasteiger partial charge in [0.1, 0.15) is 4.60 Å². The van der Waals surface area contributed by atoms with Gasteiger partial charge in [0.15, 0.2) is 0 Å². The molecule has 0 aliphatic rings. The van der Waals surface area contributed by atoms with Crippen molar-refractivity contribution in [3.8, 4) is 0 Å². The van der Waals surface area contributed by atoms with Crippen molar-refractivity contribution in [1.82, 2.24) is 4.98 Å². The number of pyridine rings is 1. The number of benzene rings is 1. The highest BCUT2D eigenvalue weighted by molar-refractivity contribution is 9.10. The van der Waals surface area contributed by atoms with Crippen molar-refractivity contribution in [3.05, 3.63) is 51.8 Å². The summed E-state index contributed by atoms with van der Waals surface area (Å²) < 4.78 is 5.91. The first kappa shape index (κ1) is 15.5. The molecule has 0 saturated carbocycles. The molecule has 4 nitrogen and oxygen atoms in total. The van der Waals surface area contributed by atoms with E-state index in [1.165, 1.54) is 0 Å². The SMILES string of the molecule is CCOC(=O)c1cc(C)ccc1Nc1cnc(Br)c(C)c1. The Hall–Kier alpha value is -1.88. The molecule has 0 radical (unpaired) electrons. The van der Waals surface area contributed by atoms with Crippen LogP contribution in [0.1, 0.15) is 28.4 Å². The minimum Gasteiger partial charge on any atom is -0.462 e. The number of nitrogens with one attached hydrogen (secondary N) is 1. The Morgan fingerprint density at radius 1 is 1.33 bits per heavy atom. The first-order valence-electron chi connectivity index (χ1n) is 6.68. The molecule has 1 heterocycles. The minimum absolute atomic E-state index is 0.328. The topological polar surface area (TPSA) is 51.2 Å². The van der Waals surface area contributed by atoms with E-state index in [0.717, 1.165) is 21.4 Å². The van der Waals surface area contributed by atoms with Crippen molar-refractivity contribution < 1.29 is 9.53 Å². The van der Waals surface area contributed by atoms with Gasteiger partial charge in [-0.1, -0.05) is 11.6 Å². The number of esters is 1. The lowest BCUT2D eigenvalue weighted by Crippen LogP contribution is -2.08. The van der Waals surface area contributed by atoms with Crippen LogP contribution in [0.4, 0.5) is 11.4 Å². The summed E-state index contributed by atoms with van der Waals surface area (Å²) in [7, 11) is 0. The molecule has 1 aromatic heterocycles. The summed E-state index contributed by atoms with van der Waals surface area (Å²) >= 11 is 3.37. The van der Waals surface area contributed by atoms with Gasteiger partial charge in [-0.2, -0.15) is 0 Å². The molecule has 0 fully saturated rings. The molecular formula is C16H17BrN2O2. The molecule has 0 aliphatic carbocycles. The van der Waals surface area contributed by atoms with E-state index in [2.05, 4.69) is 26.2 Å². The number of hydrogen-bond acceptors (Lipinski definition) is 4. The summed E-state index contributed by atoms with van der Waals surface area (Å²) in [6, 6.07) is 7.61. The van der Waals surface area contributed by atoms with Crippen LogP contribution in [-0.2, 0) is 4.74 Å².